The number of aromatic hydroxyl groups is 1. The molecule has 25 heavy (non-hydrogen) atoms. The van der Waals surface area contributed by atoms with E-state index in [2.05, 4.69) is 0 Å². The molecule has 2 heterocycles. The first-order valence-corrected chi connectivity index (χ1v) is 9.36. The van der Waals surface area contributed by atoms with E-state index in [9.17, 15) is 24.4 Å². The number of fused-ring (bicyclic) bond motifs is 3. The van der Waals surface area contributed by atoms with E-state index in [1.807, 2.05) is 0 Å². The molecule has 2 unspecified atom stereocenters. The van der Waals surface area contributed by atoms with Crippen molar-refractivity contribution in [3.8, 4) is 17.0 Å². The molecule has 8 heteroatoms. The van der Waals surface area contributed by atoms with E-state index in [4.69, 9.17) is 11.6 Å². The van der Waals surface area contributed by atoms with E-state index >= 15 is 0 Å². The van der Waals surface area contributed by atoms with Gasteiger partial charge in [0.1, 0.15) is 16.6 Å². The largest absolute Gasteiger partial charge is 0.611 e. The predicted octanol–water partition coefficient (Wildman–Crippen LogP) is 3.09. The third kappa shape index (κ3) is 2.38. The van der Waals surface area contributed by atoms with Crippen molar-refractivity contribution in [3.05, 3.63) is 44.7 Å². The van der Waals surface area contributed by atoms with E-state index < -0.39 is 28.0 Å². The lowest BCUT2D eigenvalue weighted by molar-refractivity contribution is 0.0694. The fourth-order valence-electron chi connectivity index (χ4n) is 3.29. The third-order valence-corrected chi connectivity index (χ3v) is 6.66. The molecule has 0 radical (unpaired) electrons. The normalized spacial score (nSPS) is 21.6. The van der Waals surface area contributed by atoms with Crippen molar-refractivity contribution in [1.29, 1.82) is 0 Å². The van der Waals surface area contributed by atoms with Gasteiger partial charge in [-0.1, -0.05) is 11.6 Å². The Balaban J connectivity index is 2.13. The molecule has 0 saturated heterocycles. The van der Waals surface area contributed by atoms with Crippen LogP contribution in [0.1, 0.15) is 47.0 Å². The van der Waals surface area contributed by atoms with Gasteiger partial charge in [0, 0.05) is 17.7 Å². The van der Waals surface area contributed by atoms with Crippen LogP contribution in [-0.2, 0) is 11.2 Å². The molecule has 2 aliphatic rings. The van der Waals surface area contributed by atoms with Crippen molar-refractivity contribution < 1.29 is 19.6 Å². The minimum absolute atomic E-state index is 0.0697. The highest BCUT2D eigenvalue weighted by Crippen LogP contribution is 2.49. The van der Waals surface area contributed by atoms with Crippen LogP contribution in [-0.4, -0.2) is 25.3 Å². The summed E-state index contributed by atoms with van der Waals surface area (Å²) in [4.78, 5) is 24.6. The summed E-state index contributed by atoms with van der Waals surface area (Å²) in [5.74, 6) is -1.47. The van der Waals surface area contributed by atoms with Crippen molar-refractivity contribution in [2.45, 2.75) is 36.0 Å². The zero-order chi connectivity index (χ0) is 18.0. The second-order valence-electron chi connectivity index (χ2n) is 6.31. The summed E-state index contributed by atoms with van der Waals surface area (Å²) in [5.41, 5.74) is 0.736. The first-order valence-electron chi connectivity index (χ1n) is 7.77. The highest BCUT2D eigenvalue weighted by Gasteiger charge is 2.40. The molecule has 4 rings (SSSR count). The van der Waals surface area contributed by atoms with E-state index in [-0.39, 0.29) is 22.4 Å². The first kappa shape index (κ1) is 16.5. The fourth-order valence-corrected chi connectivity index (χ4v) is 4.84. The van der Waals surface area contributed by atoms with Gasteiger partial charge in [0.05, 0.1) is 16.3 Å². The maximum Gasteiger partial charge on any atom is 0.341 e. The van der Waals surface area contributed by atoms with Gasteiger partial charge in [0.15, 0.2) is 4.90 Å². The van der Waals surface area contributed by atoms with Crippen LogP contribution in [0.4, 0.5) is 0 Å². The van der Waals surface area contributed by atoms with Gasteiger partial charge in [-0.25, -0.2) is 4.79 Å². The summed E-state index contributed by atoms with van der Waals surface area (Å²) in [7, 11) is 0. The molecule has 0 spiro atoms. The minimum atomic E-state index is -1.50. The van der Waals surface area contributed by atoms with E-state index in [1.54, 1.807) is 6.92 Å². The molecule has 2 atom stereocenters. The number of phenolic OH excluding ortho intramolecular Hbond substituents is 1. The monoisotopic (exact) mass is 379 g/mol. The number of carbonyl (C=O) groups is 1. The Labute approximate surface area is 150 Å². The van der Waals surface area contributed by atoms with Gasteiger partial charge in [-0.2, -0.15) is 0 Å². The van der Waals surface area contributed by atoms with Crippen molar-refractivity contribution >= 4 is 28.7 Å². The SMILES string of the molecule is CC1c2cc(C(=O)O)c(=O)n(C3CC3)c2-c2cc(Cl)c(O)cc2[S+]1[O-]. The number of phenols is 1. The van der Waals surface area contributed by atoms with Gasteiger partial charge in [0.25, 0.3) is 5.56 Å². The Hall–Kier alpha value is -1.96. The molecule has 0 amide bonds. The van der Waals surface area contributed by atoms with Crippen LogP contribution in [0.3, 0.4) is 0 Å². The average Bonchev–Trinajstić information content (AvgIpc) is 3.38. The molecular weight excluding hydrogens is 366 g/mol. The number of hydrogen-bond donors (Lipinski definition) is 2. The van der Waals surface area contributed by atoms with Crippen LogP contribution < -0.4 is 5.56 Å². The Morgan fingerprint density at radius 1 is 1.36 bits per heavy atom. The minimum Gasteiger partial charge on any atom is -0.611 e. The number of carboxylic acids is 1. The van der Waals surface area contributed by atoms with Crippen LogP contribution >= 0.6 is 11.6 Å². The van der Waals surface area contributed by atoms with Crippen LogP contribution in [0.25, 0.3) is 11.3 Å². The molecule has 130 valence electrons. The second-order valence-corrected chi connectivity index (χ2v) is 8.46. The number of aromatic carboxylic acids is 1. The Morgan fingerprint density at radius 2 is 2.04 bits per heavy atom. The van der Waals surface area contributed by atoms with Crippen LogP contribution in [0.5, 0.6) is 5.75 Å². The number of nitrogens with zero attached hydrogens (tertiary/aromatic N) is 1. The Kier molecular flexibility index (Phi) is 3.64. The summed E-state index contributed by atoms with van der Waals surface area (Å²) in [6.45, 7) is 1.72. The van der Waals surface area contributed by atoms with Crippen molar-refractivity contribution in [1.82, 2.24) is 4.57 Å². The highest BCUT2D eigenvalue weighted by atomic mass is 35.5. The molecule has 1 aliphatic carbocycles. The number of benzene rings is 1. The summed E-state index contributed by atoms with van der Waals surface area (Å²) in [6.07, 6.45) is 1.57. The quantitative estimate of drug-likeness (QED) is 0.780. The second kappa shape index (κ2) is 5.52. The summed E-state index contributed by atoms with van der Waals surface area (Å²) >= 11 is 4.54. The van der Waals surface area contributed by atoms with Crippen molar-refractivity contribution in [3.63, 3.8) is 0 Å². The zero-order valence-electron chi connectivity index (χ0n) is 13.2. The molecule has 1 aromatic heterocycles. The standard InChI is InChI=1S/C17H14ClNO5S/c1-7-9-4-11(17(22)23)16(21)19(8-2-3-8)15(9)10-5-12(18)13(20)6-14(10)25(7)24/h4-8,20H,2-3H2,1H3,(H,22,23). The Bertz CT molecular complexity index is 982. The van der Waals surface area contributed by atoms with Crippen LogP contribution in [0, 0.1) is 0 Å². The van der Waals surface area contributed by atoms with Crippen molar-refractivity contribution in [2.75, 3.05) is 0 Å². The van der Waals surface area contributed by atoms with Crippen LogP contribution in [0.2, 0.25) is 5.02 Å². The lowest BCUT2D eigenvalue weighted by Crippen LogP contribution is -2.31. The van der Waals surface area contributed by atoms with Crippen molar-refractivity contribution in [2.24, 2.45) is 0 Å². The maximum atomic E-state index is 12.8. The number of pyridine rings is 1. The van der Waals surface area contributed by atoms with E-state index in [0.717, 1.165) is 12.8 Å². The fraction of sp³-hybridized carbons (Fsp3) is 0.294. The molecule has 0 bridgehead atoms. The Morgan fingerprint density at radius 3 is 2.64 bits per heavy atom. The highest BCUT2D eigenvalue weighted by molar-refractivity contribution is 7.91. The van der Waals surface area contributed by atoms with Gasteiger partial charge in [-0.05, 0) is 43.1 Å². The number of rotatable bonds is 2. The summed E-state index contributed by atoms with van der Waals surface area (Å²) in [6, 6.07) is 4.11. The number of halogens is 1. The van der Waals surface area contributed by atoms with Gasteiger partial charge in [0.2, 0.25) is 0 Å². The maximum absolute atomic E-state index is 12.8. The predicted molar refractivity (Wildman–Crippen MR) is 92.9 cm³/mol. The molecule has 2 aromatic rings. The van der Waals surface area contributed by atoms with Gasteiger partial charge >= 0.3 is 5.97 Å². The molecule has 1 aliphatic heterocycles. The van der Waals surface area contributed by atoms with Gasteiger partial charge < -0.3 is 19.3 Å². The molecule has 1 saturated carbocycles. The summed E-state index contributed by atoms with van der Waals surface area (Å²) < 4.78 is 14.3. The first-order chi connectivity index (χ1) is 11.8. The molecule has 1 aromatic carbocycles. The van der Waals surface area contributed by atoms with E-state index in [1.165, 1.54) is 22.8 Å². The molecule has 2 N–H and O–H groups in total. The number of aromatic nitrogens is 1. The lowest BCUT2D eigenvalue weighted by atomic mass is 9.99. The topological polar surface area (TPSA) is 103 Å². The zero-order valence-corrected chi connectivity index (χ0v) is 14.7. The van der Waals surface area contributed by atoms with Crippen LogP contribution in [0.15, 0.2) is 27.9 Å². The van der Waals surface area contributed by atoms with E-state index in [0.29, 0.717) is 21.7 Å². The number of carboxylic acid groups (broad SMARTS) is 1. The smallest absolute Gasteiger partial charge is 0.341 e. The molecule has 1 fully saturated rings. The number of hydrogen-bond acceptors (Lipinski definition) is 4. The molecular formula is C17H14ClNO5S. The van der Waals surface area contributed by atoms with Gasteiger partial charge in [-0.15, -0.1) is 0 Å². The van der Waals surface area contributed by atoms with Gasteiger partial charge in [-0.3, -0.25) is 4.79 Å². The summed E-state index contributed by atoms with van der Waals surface area (Å²) in [5, 5.41) is 18.8. The third-order valence-electron chi connectivity index (χ3n) is 4.69. The molecule has 6 nitrogen and oxygen atoms in total. The average molecular weight is 380 g/mol. The lowest BCUT2D eigenvalue weighted by Gasteiger charge is -2.30.